The molecule has 2 rings (SSSR count). The van der Waals surface area contributed by atoms with Crippen LogP contribution in [0.2, 0.25) is 0 Å². The van der Waals surface area contributed by atoms with E-state index in [4.69, 9.17) is 4.52 Å². The summed E-state index contributed by atoms with van der Waals surface area (Å²) in [4.78, 5) is 0. The van der Waals surface area contributed by atoms with Crippen molar-refractivity contribution in [2.45, 2.75) is 33.1 Å². The van der Waals surface area contributed by atoms with Crippen LogP contribution >= 0.6 is 0 Å². The summed E-state index contributed by atoms with van der Waals surface area (Å²) < 4.78 is 18.2. The number of nitrogens with zero attached hydrogens (tertiary/aromatic N) is 1. The van der Waals surface area contributed by atoms with Gasteiger partial charge in [0.15, 0.2) is 0 Å². The lowest BCUT2D eigenvalue weighted by molar-refractivity contribution is 0.381. The lowest BCUT2D eigenvalue weighted by atomic mass is 10.1. The number of aromatic nitrogens is 1. The predicted octanol–water partition coefficient (Wildman–Crippen LogP) is 4.13. The van der Waals surface area contributed by atoms with Crippen molar-refractivity contribution in [1.82, 2.24) is 5.16 Å². The molecule has 0 spiro atoms. The Morgan fingerprint density at radius 2 is 1.94 bits per heavy atom. The molecule has 1 aromatic carbocycles. The SMILES string of the molecule is CCCCc1onc(-c2ccc(F)cc2)c1C. The van der Waals surface area contributed by atoms with Gasteiger partial charge in [-0.15, -0.1) is 0 Å². The van der Waals surface area contributed by atoms with E-state index in [1.807, 2.05) is 6.92 Å². The zero-order valence-electron chi connectivity index (χ0n) is 10.2. The number of hydrogen-bond donors (Lipinski definition) is 0. The zero-order valence-corrected chi connectivity index (χ0v) is 10.2. The Balaban J connectivity index is 2.27. The van der Waals surface area contributed by atoms with Gasteiger partial charge in [0.25, 0.3) is 0 Å². The van der Waals surface area contributed by atoms with E-state index in [1.165, 1.54) is 12.1 Å². The summed E-state index contributed by atoms with van der Waals surface area (Å²) in [6.07, 6.45) is 3.14. The van der Waals surface area contributed by atoms with E-state index in [0.29, 0.717) is 0 Å². The number of halogens is 1. The van der Waals surface area contributed by atoms with E-state index in [1.54, 1.807) is 12.1 Å². The molecule has 3 heteroatoms. The second-order valence-corrected chi connectivity index (χ2v) is 4.19. The first-order valence-electron chi connectivity index (χ1n) is 5.93. The summed E-state index contributed by atoms with van der Waals surface area (Å²) >= 11 is 0. The summed E-state index contributed by atoms with van der Waals surface area (Å²) in [6, 6.07) is 6.33. The molecule has 0 aliphatic carbocycles. The second-order valence-electron chi connectivity index (χ2n) is 4.19. The average molecular weight is 233 g/mol. The first-order chi connectivity index (χ1) is 8.22. The molecule has 1 aromatic heterocycles. The molecule has 17 heavy (non-hydrogen) atoms. The smallest absolute Gasteiger partial charge is 0.140 e. The van der Waals surface area contributed by atoms with Gasteiger partial charge < -0.3 is 4.52 Å². The fourth-order valence-corrected chi connectivity index (χ4v) is 1.82. The van der Waals surface area contributed by atoms with Gasteiger partial charge >= 0.3 is 0 Å². The minimum atomic E-state index is -0.235. The molecule has 0 radical (unpaired) electrons. The number of hydrogen-bond acceptors (Lipinski definition) is 2. The third-order valence-electron chi connectivity index (χ3n) is 2.90. The fraction of sp³-hybridized carbons (Fsp3) is 0.357. The third-order valence-corrected chi connectivity index (χ3v) is 2.90. The Labute approximate surface area is 100 Å². The monoisotopic (exact) mass is 233 g/mol. The van der Waals surface area contributed by atoms with Crippen LogP contribution in [0.15, 0.2) is 28.8 Å². The molecule has 0 unspecified atom stereocenters. The van der Waals surface area contributed by atoms with Gasteiger partial charge in [-0.05, 0) is 37.6 Å². The summed E-state index contributed by atoms with van der Waals surface area (Å²) in [5.41, 5.74) is 2.77. The van der Waals surface area contributed by atoms with E-state index in [-0.39, 0.29) is 5.82 Å². The Bertz CT molecular complexity index is 487. The van der Waals surface area contributed by atoms with E-state index in [2.05, 4.69) is 12.1 Å². The van der Waals surface area contributed by atoms with Crippen molar-refractivity contribution in [1.29, 1.82) is 0 Å². The number of aryl methyl sites for hydroxylation is 1. The number of unbranched alkanes of at least 4 members (excludes halogenated alkanes) is 1. The summed E-state index contributed by atoms with van der Waals surface area (Å²) in [6.45, 7) is 4.15. The molecule has 0 aliphatic rings. The highest BCUT2D eigenvalue weighted by atomic mass is 19.1. The zero-order chi connectivity index (χ0) is 12.3. The lowest BCUT2D eigenvalue weighted by Gasteiger charge is -1.98. The summed E-state index contributed by atoms with van der Waals surface area (Å²) in [5.74, 6) is 0.701. The first kappa shape index (κ1) is 11.8. The minimum absolute atomic E-state index is 0.235. The van der Waals surface area contributed by atoms with Gasteiger partial charge in [-0.2, -0.15) is 0 Å². The number of benzene rings is 1. The second kappa shape index (κ2) is 5.13. The average Bonchev–Trinajstić information content (AvgIpc) is 2.69. The molecular weight excluding hydrogens is 217 g/mol. The van der Waals surface area contributed by atoms with Crippen molar-refractivity contribution in [2.24, 2.45) is 0 Å². The molecule has 90 valence electrons. The van der Waals surface area contributed by atoms with E-state index >= 15 is 0 Å². The Morgan fingerprint density at radius 1 is 1.24 bits per heavy atom. The molecule has 0 bridgehead atoms. The maximum Gasteiger partial charge on any atom is 0.140 e. The largest absolute Gasteiger partial charge is 0.360 e. The third kappa shape index (κ3) is 2.54. The van der Waals surface area contributed by atoms with Crippen LogP contribution in [0.3, 0.4) is 0 Å². The molecular formula is C14H16FNO. The lowest BCUT2D eigenvalue weighted by Crippen LogP contribution is -1.86. The van der Waals surface area contributed by atoms with Crippen molar-refractivity contribution < 1.29 is 8.91 Å². The van der Waals surface area contributed by atoms with Crippen molar-refractivity contribution >= 4 is 0 Å². The molecule has 0 saturated carbocycles. The fourth-order valence-electron chi connectivity index (χ4n) is 1.82. The van der Waals surface area contributed by atoms with Crippen LogP contribution in [0.4, 0.5) is 4.39 Å². The van der Waals surface area contributed by atoms with Crippen LogP contribution in [0.1, 0.15) is 31.1 Å². The maximum atomic E-state index is 12.8. The van der Waals surface area contributed by atoms with Crippen molar-refractivity contribution in [2.75, 3.05) is 0 Å². The van der Waals surface area contributed by atoms with Crippen LogP contribution in [-0.4, -0.2) is 5.16 Å². The Kier molecular flexibility index (Phi) is 3.57. The molecule has 0 amide bonds. The van der Waals surface area contributed by atoms with Crippen molar-refractivity contribution in [3.63, 3.8) is 0 Å². The normalized spacial score (nSPS) is 10.8. The van der Waals surface area contributed by atoms with Gasteiger partial charge in [-0.3, -0.25) is 0 Å². The highest BCUT2D eigenvalue weighted by molar-refractivity contribution is 5.62. The topological polar surface area (TPSA) is 26.0 Å². The summed E-state index contributed by atoms with van der Waals surface area (Å²) in [7, 11) is 0. The quantitative estimate of drug-likeness (QED) is 0.793. The van der Waals surface area contributed by atoms with E-state index < -0.39 is 0 Å². The Hall–Kier alpha value is -1.64. The van der Waals surface area contributed by atoms with Crippen LogP contribution in [0.5, 0.6) is 0 Å². The first-order valence-corrected chi connectivity index (χ1v) is 5.93. The van der Waals surface area contributed by atoms with E-state index in [9.17, 15) is 4.39 Å². The molecule has 2 nitrogen and oxygen atoms in total. The van der Waals surface area contributed by atoms with Crippen LogP contribution in [0.25, 0.3) is 11.3 Å². The van der Waals surface area contributed by atoms with Gasteiger partial charge in [0.05, 0.1) is 0 Å². The standard InChI is InChI=1S/C14H16FNO/c1-3-4-5-13-10(2)14(16-17-13)11-6-8-12(15)9-7-11/h6-9H,3-5H2,1-2H3. The van der Waals surface area contributed by atoms with Gasteiger partial charge in [0.1, 0.15) is 17.3 Å². The highest BCUT2D eigenvalue weighted by Gasteiger charge is 2.12. The predicted molar refractivity (Wildman–Crippen MR) is 65.2 cm³/mol. The highest BCUT2D eigenvalue weighted by Crippen LogP contribution is 2.25. The molecule has 0 N–H and O–H groups in total. The minimum Gasteiger partial charge on any atom is -0.360 e. The van der Waals surface area contributed by atoms with Crippen LogP contribution < -0.4 is 0 Å². The summed E-state index contributed by atoms with van der Waals surface area (Å²) in [5, 5.41) is 4.07. The molecule has 0 fully saturated rings. The number of rotatable bonds is 4. The van der Waals surface area contributed by atoms with Crippen LogP contribution in [0, 0.1) is 12.7 Å². The van der Waals surface area contributed by atoms with Crippen LogP contribution in [-0.2, 0) is 6.42 Å². The molecule has 2 aromatic rings. The molecule has 0 atom stereocenters. The van der Waals surface area contributed by atoms with Gasteiger partial charge in [0.2, 0.25) is 0 Å². The van der Waals surface area contributed by atoms with Crippen molar-refractivity contribution in [3.05, 3.63) is 41.4 Å². The van der Waals surface area contributed by atoms with Crippen molar-refractivity contribution in [3.8, 4) is 11.3 Å². The van der Waals surface area contributed by atoms with E-state index in [0.717, 1.165) is 41.8 Å². The molecule has 1 heterocycles. The van der Waals surface area contributed by atoms with Gasteiger partial charge in [0, 0.05) is 17.5 Å². The molecule has 0 saturated heterocycles. The van der Waals surface area contributed by atoms with Gasteiger partial charge in [-0.25, -0.2) is 4.39 Å². The van der Waals surface area contributed by atoms with Gasteiger partial charge in [-0.1, -0.05) is 18.5 Å². The Morgan fingerprint density at radius 3 is 2.59 bits per heavy atom. The molecule has 0 aliphatic heterocycles. The maximum absolute atomic E-state index is 12.8.